The van der Waals surface area contributed by atoms with Gasteiger partial charge in [-0.3, -0.25) is 14.7 Å². The highest BCUT2D eigenvalue weighted by Crippen LogP contribution is 2.33. The Bertz CT molecular complexity index is 506. The van der Waals surface area contributed by atoms with E-state index in [0.29, 0.717) is 26.2 Å². The van der Waals surface area contributed by atoms with Crippen molar-refractivity contribution in [1.82, 2.24) is 14.8 Å². The van der Waals surface area contributed by atoms with Gasteiger partial charge in [-0.25, -0.2) is 0 Å². The highest BCUT2D eigenvalue weighted by molar-refractivity contribution is 5.78. The second-order valence-corrected chi connectivity index (χ2v) is 6.85. The van der Waals surface area contributed by atoms with Crippen LogP contribution in [-0.2, 0) is 11.3 Å². The molecule has 1 amide bonds. The topological polar surface area (TPSA) is 56.7 Å². The van der Waals surface area contributed by atoms with Gasteiger partial charge in [0.05, 0.1) is 12.1 Å². The summed E-state index contributed by atoms with van der Waals surface area (Å²) in [6, 6.07) is 3.90. The minimum absolute atomic E-state index is 0.0785. The molecule has 0 saturated carbocycles. The number of nitrogens with zero attached hydrogens (tertiary/aromatic N) is 3. The summed E-state index contributed by atoms with van der Waals surface area (Å²) in [7, 11) is 1.93. The molecule has 0 spiro atoms. The number of hydrogen-bond donors (Lipinski definition) is 1. The van der Waals surface area contributed by atoms with Gasteiger partial charge in [0.25, 0.3) is 0 Å². The summed E-state index contributed by atoms with van der Waals surface area (Å²) in [5, 5.41) is 10.7. The number of aliphatic hydroxyl groups is 1. The normalized spacial score (nSPS) is 25.2. The number of likely N-dealkylation sites (tertiary alicyclic amines) is 1. The van der Waals surface area contributed by atoms with Gasteiger partial charge in [-0.1, -0.05) is 26.8 Å². The first-order valence-corrected chi connectivity index (χ1v) is 7.90. The molecule has 2 heterocycles. The molecule has 1 saturated heterocycles. The zero-order valence-electron chi connectivity index (χ0n) is 14.0. The van der Waals surface area contributed by atoms with Crippen LogP contribution in [-0.4, -0.2) is 58.1 Å². The predicted molar refractivity (Wildman–Crippen MR) is 86.1 cm³/mol. The molecule has 5 heteroatoms. The van der Waals surface area contributed by atoms with E-state index in [1.54, 1.807) is 11.1 Å². The van der Waals surface area contributed by atoms with Crippen LogP contribution < -0.4 is 0 Å². The number of aromatic nitrogens is 1. The zero-order valence-corrected chi connectivity index (χ0v) is 14.0. The first kappa shape index (κ1) is 16.9. The lowest BCUT2D eigenvalue weighted by molar-refractivity contribution is -0.132. The summed E-state index contributed by atoms with van der Waals surface area (Å²) in [5.41, 5.74) is 0.323. The third kappa shape index (κ3) is 3.65. The first-order chi connectivity index (χ1) is 10.3. The molecule has 1 N–H and O–H groups in total. The average Bonchev–Trinajstić information content (AvgIpc) is 2.77. The minimum atomic E-state index is -0.766. The van der Waals surface area contributed by atoms with Gasteiger partial charge in [-0.05, 0) is 24.6 Å². The molecule has 0 aliphatic carbocycles. The van der Waals surface area contributed by atoms with Crippen molar-refractivity contribution in [3.05, 3.63) is 30.1 Å². The highest BCUT2D eigenvalue weighted by atomic mass is 16.3. The average molecular weight is 305 g/mol. The van der Waals surface area contributed by atoms with Crippen molar-refractivity contribution in [3.63, 3.8) is 0 Å². The minimum Gasteiger partial charge on any atom is -0.387 e. The Hall–Kier alpha value is -1.46. The molecule has 1 aliphatic heterocycles. The molecule has 2 rings (SSSR count). The lowest BCUT2D eigenvalue weighted by Crippen LogP contribution is -2.44. The van der Waals surface area contributed by atoms with Crippen molar-refractivity contribution in [2.45, 2.75) is 32.9 Å². The van der Waals surface area contributed by atoms with Gasteiger partial charge in [0.2, 0.25) is 5.91 Å². The summed E-state index contributed by atoms with van der Waals surface area (Å²) in [6.07, 6.45) is 3.56. The van der Waals surface area contributed by atoms with E-state index in [4.69, 9.17) is 0 Å². The SMILES string of the molecule is CC(C)[C@]1(O)CN(C(=O)CN(C)Cc2cccnc2)C[C@H]1C. The van der Waals surface area contributed by atoms with Crippen molar-refractivity contribution in [1.29, 1.82) is 0 Å². The predicted octanol–water partition coefficient (Wildman–Crippen LogP) is 1.38. The maximum atomic E-state index is 12.5. The number of likely N-dealkylation sites (N-methyl/N-ethyl adjacent to an activating group) is 1. The fraction of sp³-hybridized carbons (Fsp3) is 0.647. The molecular formula is C17H27N3O2. The van der Waals surface area contributed by atoms with E-state index >= 15 is 0 Å². The van der Waals surface area contributed by atoms with E-state index < -0.39 is 5.60 Å². The summed E-state index contributed by atoms with van der Waals surface area (Å²) < 4.78 is 0. The van der Waals surface area contributed by atoms with Gasteiger partial charge in [-0.15, -0.1) is 0 Å². The van der Waals surface area contributed by atoms with Crippen molar-refractivity contribution in [3.8, 4) is 0 Å². The second-order valence-electron chi connectivity index (χ2n) is 6.85. The monoisotopic (exact) mass is 305 g/mol. The molecule has 0 unspecified atom stereocenters. The standard InChI is InChI=1S/C17H27N3O2/c1-13(2)17(22)12-20(9-14(17)3)16(21)11-19(4)10-15-6-5-7-18-8-15/h5-8,13-14,22H,9-12H2,1-4H3/t14-,17-/m1/s1. The van der Waals surface area contributed by atoms with E-state index in [1.165, 1.54) is 0 Å². The van der Waals surface area contributed by atoms with E-state index in [-0.39, 0.29) is 17.7 Å². The molecular weight excluding hydrogens is 278 g/mol. The molecule has 1 aromatic heterocycles. The Morgan fingerprint density at radius 3 is 2.86 bits per heavy atom. The second kappa shape index (κ2) is 6.75. The Labute approximate surface area is 132 Å². The Morgan fingerprint density at radius 1 is 1.59 bits per heavy atom. The van der Waals surface area contributed by atoms with Crippen LogP contribution in [0.3, 0.4) is 0 Å². The van der Waals surface area contributed by atoms with Crippen LogP contribution in [0.15, 0.2) is 24.5 Å². The number of amides is 1. The van der Waals surface area contributed by atoms with Crippen LogP contribution in [0.5, 0.6) is 0 Å². The van der Waals surface area contributed by atoms with E-state index in [0.717, 1.165) is 5.56 Å². The number of carbonyl (C=O) groups is 1. The number of pyridine rings is 1. The lowest BCUT2D eigenvalue weighted by Gasteiger charge is -2.31. The molecule has 0 radical (unpaired) electrons. The van der Waals surface area contributed by atoms with Crippen LogP contribution in [0.25, 0.3) is 0 Å². The Kier molecular flexibility index (Phi) is 5.19. The first-order valence-electron chi connectivity index (χ1n) is 7.90. The van der Waals surface area contributed by atoms with Crippen LogP contribution in [0.2, 0.25) is 0 Å². The largest absolute Gasteiger partial charge is 0.387 e. The Morgan fingerprint density at radius 2 is 2.32 bits per heavy atom. The van der Waals surface area contributed by atoms with Crippen LogP contribution in [0, 0.1) is 11.8 Å². The third-order valence-corrected chi connectivity index (χ3v) is 4.72. The number of β-amino-alcohol motifs (C(OH)–C–C–N with tert-alkyl or cyclic N) is 1. The van der Waals surface area contributed by atoms with Crippen molar-refractivity contribution < 1.29 is 9.90 Å². The quantitative estimate of drug-likeness (QED) is 0.893. The third-order valence-electron chi connectivity index (χ3n) is 4.72. The summed E-state index contributed by atoms with van der Waals surface area (Å²) in [5.74, 6) is 0.336. The zero-order chi connectivity index (χ0) is 16.3. The molecule has 1 aliphatic rings. The molecule has 0 bridgehead atoms. The molecule has 122 valence electrons. The van der Waals surface area contributed by atoms with Crippen molar-refractivity contribution in [2.24, 2.45) is 11.8 Å². The number of carbonyl (C=O) groups excluding carboxylic acids is 1. The Balaban J connectivity index is 1.90. The summed E-state index contributed by atoms with van der Waals surface area (Å²) in [4.78, 5) is 20.3. The molecule has 2 atom stereocenters. The van der Waals surface area contributed by atoms with E-state index in [1.807, 2.05) is 51.0 Å². The van der Waals surface area contributed by atoms with Crippen LogP contribution in [0.4, 0.5) is 0 Å². The fourth-order valence-corrected chi connectivity index (χ4v) is 3.15. The van der Waals surface area contributed by atoms with Gasteiger partial charge >= 0.3 is 0 Å². The van der Waals surface area contributed by atoms with E-state index in [2.05, 4.69) is 4.98 Å². The smallest absolute Gasteiger partial charge is 0.236 e. The summed E-state index contributed by atoms with van der Waals surface area (Å²) in [6.45, 7) is 8.16. The molecule has 5 nitrogen and oxygen atoms in total. The van der Waals surface area contributed by atoms with Gasteiger partial charge in [0, 0.05) is 37.9 Å². The number of rotatable bonds is 5. The molecule has 1 aromatic rings. The van der Waals surface area contributed by atoms with Gasteiger partial charge in [0.15, 0.2) is 0 Å². The maximum absolute atomic E-state index is 12.5. The van der Waals surface area contributed by atoms with Gasteiger partial charge < -0.3 is 10.0 Å². The maximum Gasteiger partial charge on any atom is 0.236 e. The van der Waals surface area contributed by atoms with Gasteiger partial charge in [0.1, 0.15) is 0 Å². The number of hydrogen-bond acceptors (Lipinski definition) is 4. The van der Waals surface area contributed by atoms with Crippen molar-refractivity contribution >= 4 is 5.91 Å². The van der Waals surface area contributed by atoms with E-state index in [9.17, 15) is 9.90 Å². The van der Waals surface area contributed by atoms with Crippen LogP contribution in [0.1, 0.15) is 26.3 Å². The molecule has 1 fully saturated rings. The summed E-state index contributed by atoms with van der Waals surface area (Å²) >= 11 is 0. The molecule has 0 aromatic carbocycles. The fourth-order valence-electron chi connectivity index (χ4n) is 3.15. The lowest BCUT2D eigenvalue weighted by atomic mass is 9.82. The highest BCUT2D eigenvalue weighted by Gasteiger charge is 2.46. The van der Waals surface area contributed by atoms with Gasteiger partial charge in [-0.2, -0.15) is 0 Å². The molecule has 22 heavy (non-hydrogen) atoms. The van der Waals surface area contributed by atoms with Crippen molar-refractivity contribution in [2.75, 3.05) is 26.7 Å². The van der Waals surface area contributed by atoms with Crippen LogP contribution >= 0.6 is 0 Å².